The third kappa shape index (κ3) is 3.43. The van der Waals surface area contributed by atoms with E-state index >= 15 is 0 Å². The lowest BCUT2D eigenvalue weighted by Gasteiger charge is -2.10. The highest BCUT2D eigenvalue weighted by atomic mass is 19.4. The molecule has 0 heterocycles. The molecule has 0 radical (unpaired) electrons. The summed E-state index contributed by atoms with van der Waals surface area (Å²) in [6.45, 7) is 3.57. The third-order valence-electron chi connectivity index (χ3n) is 3.24. The molecule has 2 rings (SSSR count). The van der Waals surface area contributed by atoms with E-state index in [-0.39, 0.29) is 11.1 Å². The van der Waals surface area contributed by atoms with E-state index in [0.717, 1.165) is 12.1 Å². The van der Waals surface area contributed by atoms with Gasteiger partial charge >= 0.3 is 6.18 Å². The predicted molar refractivity (Wildman–Crippen MR) is 78.4 cm³/mol. The van der Waals surface area contributed by atoms with Gasteiger partial charge in [-0.05, 0) is 23.8 Å². The SMILES string of the molecule is C=CC(N)c1cccc(C(=O)c2cccc(C(F)(F)F)c2)c1. The number of halogens is 3. The van der Waals surface area contributed by atoms with Crippen LogP contribution >= 0.6 is 0 Å². The Morgan fingerprint density at radius 3 is 2.27 bits per heavy atom. The van der Waals surface area contributed by atoms with Crippen molar-refractivity contribution in [2.45, 2.75) is 12.2 Å². The molecule has 1 atom stereocenters. The topological polar surface area (TPSA) is 43.1 Å². The van der Waals surface area contributed by atoms with Gasteiger partial charge in [-0.1, -0.05) is 36.4 Å². The zero-order chi connectivity index (χ0) is 16.3. The van der Waals surface area contributed by atoms with Crippen LogP contribution in [0.5, 0.6) is 0 Å². The normalized spacial score (nSPS) is 12.7. The summed E-state index contributed by atoms with van der Waals surface area (Å²) in [5, 5.41) is 0. The van der Waals surface area contributed by atoms with Crippen LogP contribution in [0.15, 0.2) is 61.2 Å². The number of hydrogen-bond acceptors (Lipinski definition) is 2. The fourth-order valence-corrected chi connectivity index (χ4v) is 2.03. The molecule has 0 aliphatic heterocycles. The minimum Gasteiger partial charge on any atom is -0.321 e. The molecule has 2 aromatic rings. The zero-order valence-electron chi connectivity index (χ0n) is 11.6. The highest BCUT2D eigenvalue weighted by molar-refractivity contribution is 6.09. The number of rotatable bonds is 4. The van der Waals surface area contributed by atoms with Crippen LogP contribution in [0.1, 0.15) is 33.1 Å². The van der Waals surface area contributed by atoms with Gasteiger partial charge in [0.15, 0.2) is 5.78 Å². The summed E-state index contributed by atoms with van der Waals surface area (Å²) in [7, 11) is 0. The maximum absolute atomic E-state index is 12.7. The third-order valence-corrected chi connectivity index (χ3v) is 3.24. The largest absolute Gasteiger partial charge is 0.416 e. The molecule has 0 amide bonds. The molecule has 1 unspecified atom stereocenters. The molecule has 0 aromatic heterocycles. The molecule has 2 nitrogen and oxygen atoms in total. The Hall–Kier alpha value is -2.40. The van der Waals surface area contributed by atoms with Crippen molar-refractivity contribution in [1.29, 1.82) is 0 Å². The van der Waals surface area contributed by atoms with Crippen LogP contribution in [-0.4, -0.2) is 5.78 Å². The lowest BCUT2D eigenvalue weighted by molar-refractivity contribution is -0.137. The Bertz CT molecular complexity index is 707. The molecular formula is C17H14F3NO. The van der Waals surface area contributed by atoms with E-state index in [1.54, 1.807) is 24.3 Å². The van der Waals surface area contributed by atoms with Crippen molar-refractivity contribution >= 4 is 5.78 Å². The second kappa shape index (κ2) is 6.15. The number of benzene rings is 2. The van der Waals surface area contributed by atoms with Crippen LogP contribution in [0.25, 0.3) is 0 Å². The first kappa shape index (κ1) is 16.0. The molecule has 2 N–H and O–H groups in total. The highest BCUT2D eigenvalue weighted by Gasteiger charge is 2.31. The van der Waals surface area contributed by atoms with Crippen molar-refractivity contribution in [3.05, 3.63) is 83.4 Å². The second-order valence-electron chi connectivity index (χ2n) is 4.79. The fraction of sp³-hybridized carbons (Fsp3) is 0.118. The highest BCUT2D eigenvalue weighted by Crippen LogP contribution is 2.30. The monoisotopic (exact) mass is 305 g/mol. The number of hydrogen-bond donors (Lipinski definition) is 1. The van der Waals surface area contributed by atoms with E-state index in [0.29, 0.717) is 5.56 Å². The first-order valence-electron chi connectivity index (χ1n) is 6.53. The van der Waals surface area contributed by atoms with Crippen molar-refractivity contribution in [3.8, 4) is 0 Å². The lowest BCUT2D eigenvalue weighted by Crippen LogP contribution is -2.10. The molecule has 0 saturated heterocycles. The van der Waals surface area contributed by atoms with Gasteiger partial charge in [-0.25, -0.2) is 0 Å². The van der Waals surface area contributed by atoms with Crippen LogP contribution < -0.4 is 5.73 Å². The van der Waals surface area contributed by atoms with Crippen molar-refractivity contribution in [3.63, 3.8) is 0 Å². The van der Waals surface area contributed by atoms with Gasteiger partial charge in [0.2, 0.25) is 0 Å². The van der Waals surface area contributed by atoms with E-state index in [1.807, 2.05) is 0 Å². The molecule has 2 aromatic carbocycles. The molecule has 0 spiro atoms. The summed E-state index contributed by atoms with van der Waals surface area (Å²) in [6, 6.07) is 10.4. The van der Waals surface area contributed by atoms with Crippen LogP contribution in [0, 0.1) is 0 Å². The summed E-state index contributed by atoms with van der Waals surface area (Å²) in [4.78, 5) is 12.4. The van der Waals surface area contributed by atoms with E-state index in [1.165, 1.54) is 18.2 Å². The average molecular weight is 305 g/mol. The first-order chi connectivity index (χ1) is 10.3. The van der Waals surface area contributed by atoms with Gasteiger partial charge < -0.3 is 5.73 Å². The number of alkyl halides is 3. The molecule has 0 saturated carbocycles. The van der Waals surface area contributed by atoms with E-state index in [2.05, 4.69) is 6.58 Å². The summed E-state index contributed by atoms with van der Waals surface area (Å²) < 4.78 is 38.1. The molecule has 5 heteroatoms. The van der Waals surface area contributed by atoms with Gasteiger partial charge in [-0.2, -0.15) is 13.2 Å². The summed E-state index contributed by atoms with van der Waals surface area (Å²) in [5.41, 5.74) is 5.90. The predicted octanol–water partition coefficient (Wildman–Crippen LogP) is 4.12. The maximum Gasteiger partial charge on any atom is 0.416 e. The lowest BCUT2D eigenvalue weighted by atomic mass is 9.97. The molecule has 0 fully saturated rings. The molecule has 114 valence electrons. The van der Waals surface area contributed by atoms with Crippen LogP contribution in [-0.2, 0) is 6.18 Å². The quantitative estimate of drug-likeness (QED) is 0.682. The first-order valence-corrected chi connectivity index (χ1v) is 6.53. The Balaban J connectivity index is 2.38. The molecule has 0 aliphatic carbocycles. The van der Waals surface area contributed by atoms with Gasteiger partial charge in [0.25, 0.3) is 0 Å². The molecule has 22 heavy (non-hydrogen) atoms. The Morgan fingerprint density at radius 2 is 1.68 bits per heavy atom. The summed E-state index contributed by atoms with van der Waals surface area (Å²) in [6.07, 6.45) is -2.96. The van der Waals surface area contributed by atoms with Gasteiger partial charge in [0.05, 0.1) is 5.56 Å². The van der Waals surface area contributed by atoms with Crippen molar-refractivity contribution in [2.75, 3.05) is 0 Å². The summed E-state index contributed by atoms with van der Waals surface area (Å²) in [5.74, 6) is -0.482. The Kier molecular flexibility index (Phi) is 4.47. The number of carbonyl (C=O) groups is 1. The van der Waals surface area contributed by atoms with E-state index in [9.17, 15) is 18.0 Å². The number of nitrogens with two attached hydrogens (primary N) is 1. The minimum atomic E-state index is -4.48. The fourth-order valence-electron chi connectivity index (χ4n) is 2.03. The molecule has 0 bridgehead atoms. The van der Waals surface area contributed by atoms with Gasteiger partial charge in [-0.3, -0.25) is 4.79 Å². The smallest absolute Gasteiger partial charge is 0.321 e. The van der Waals surface area contributed by atoms with Gasteiger partial charge in [-0.15, -0.1) is 6.58 Å². The summed E-state index contributed by atoms with van der Waals surface area (Å²) >= 11 is 0. The average Bonchev–Trinajstić information content (AvgIpc) is 2.53. The standard InChI is InChI=1S/C17H14F3NO/c1-2-15(21)11-5-3-6-12(9-11)16(22)13-7-4-8-14(10-13)17(18,19)20/h2-10,15H,1,21H2. The number of carbonyl (C=O) groups excluding carboxylic acids is 1. The maximum atomic E-state index is 12.7. The second-order valence-corrected chi connectivity index (χ2v) is 4.79. The van der Waals surface area contributed by atoms with E-state index < -0.39 is 23.6 Å². The van der Waals surface area contributed by atoms with Crippen LogP contribution in [0.3, 0.4) is 0 Å². The number of ketones is 1. The van der Waals surface area contributed by atoms with Gasteiger partial charge in [0, 0.05) is 17.2 Å². The Morgan fingerprint density at radius 1 is 1.09 bits per heavy atom. The van der Waals surface area contributed by atoms with Gasteiger partial charge in [0.1, 0.15) is 0 Å². The van der Waals surface area contributed by atoms with E-state index in [4.69, 9.17) is 5.73 Å². The van der Waals surface area contributed by atoms with Crippen molar-refractivity contribution in [1.82, 2.24) is 0 Å². The Labute approximate surface area is 126 Å². The minimum absolute atomic E-state index is 0.0147. The van der Waals surface area contributed by atoms with Crippen molar-refractivity contribution < 1.29 is 18.0 Å². The van der Waals surface area contributed by atoms with Crippen LogP contribution in [0.2, 0.25) is 0 Å². The van der Waals surface area contributed by atoms with Crippen molar-refractivity contribution in [2.24, 2.45) is 5.73 Å². The zero-order valence-corrected chi connectivity index (χ0v) is 11.6. The van der Waals surface area contributed by atoms with Crippen LogP contribution in [0.4, 0.5) is 13.2 Å². The molecular weight excluding hydrogens is 291 g/mol. The molecule has 0 aliphatic rings.